The Morgan fingerprint density at radius 3 is 2.65 bits per heavy atom. The molecule has 0 radical (unpaired) electrons. The van der Waals surface area contributed by atoms with E-state index in [4.69, 9.17) is 15.6 Å². The molecule has 0 heterocycles. The summed E-state index contributed by atoms with van der Waals surface area (Å²) in [5, 5.41) is 18.7. The molecule has 17 heavy (non-hydrogen) atoms. The molecule has 0 fully saturated rings. The lowest BCUT2D eigenvalue weighted by molar-refractivity contribution is -0.137. The van der Waals surface area contributed by atoms with Gasteiger partial charge in [-0.3, -0.25) is 4.79 Å². The second-order valence-corrected chi connectivity index (χ2v) is 3.75. The second-order valence-electron chi connectivity index (χ2n) is 3.75. The molecule has 1 unspecified atom stereocenters. The standard InChI is InChI=1S/C12H17NO4/c1-3-7-4-5-9(17-2)12(16)11(7)8(13)6-10(14)15/h4-5,8,16H,3,6,13H2,1-2H3,(H,14,15). The zero-order valence-corrected chi connectivity index (χ0v) is 9.93. The van der Waals surface area contributed by atoms with E-state index in [0.717, 1.165) is 5.56 Å². The smallest absolute Gasteiger partial charge is 0.305 e. The summed E-state index contributed by atoms with van der Waals surface area (Å²) < 4.78 is 4.99. The molecule has 0 bridgehead atoms. The second kappa shape index (κ2) is 5.54. The maximum atomic E-state index is 10.7. The van der Waals surface area contributed by atoms with Gasteiger partial charge >= 0.3 is 5.97 Å². The van der Waals surface area contributed by atoms with Crippen molar-refractivity contribution in [3.63, 3.8) is 0 Å². The molecule has 0 aliphatic carbocycles. The number of phenolic OH excluding ortho intramolecular Hbond substituents is 1. The number of aromatic hydroxyl groups is 1. The number of carbonyl (C=O) groups is 1. The lowest BCUT2D eigenvalue weighted by Gasteiger charge is -2.17. The SMILES string of the molecule is CCc1ccc(OC)c(O)c1C(N)CC(=O)O. The number of aryl methyl sites for hydroxylation is 1. The van der Waals surface area contributed by atoms with Crippen LogP contribution in [0.3, 0.4) is 0 Å². The average Bonchev–Trinajstić information content (AvgIpc) is 2.27. The number of ether oxygens (including phenoxy) is 1. The van der Waals surface area contributed by atoms with Gasteiger partial charge in [0.05, 0.1) is 13.5 Å². The van der Waals surface area contributed by atoms with Crippen molar-refractivity contribution in [1.82, 2.24) is 0 Å². The fourth-order valence-electron chi connectivity index (χ4n) is 1.81. The molecule has 1 rings (SSSR count). The minimum absolute atomic E-state index is 0.0689. The van der Waals surface area contributed by atoms with Crippen LogP contribution < -0.4 is 10.5 Å². The number of aliphatic carboxylic acids is 1. The van der Waals surface area contributed by atoms with Crippen LogP contribution in [-0.4, -0.2) is 23.3 Å². The Kier molecular flexibility index (Phi) is 4.34. The molecule has 5 heteroatoms. The van der Waals surface area contributed by atoms with Crippen molar-refractivity contribution < 1.29 is 19.7 Å². The van der Waals surface area contributed by atoms with Gasteiger partial charge in [0.15, 0.2) is 11.5 Å². The molecule has 0 aromatic heterocycles. The first-order valence-corrected chi connectivity index (χ1v) is 5.37. The third-order valence-corrected chi connectivity index (χ3v) is 2.64. The summed E-state index contributed by atoms with van der Waals surface area (Å²) in [6.07, 6.45) is 0.438. The van der Waals surface area contributed by atoms with Crippen molar-refractivity contribution in [1.29, 1.82) is 0 Å². The number of hydrogen-bond acceptors (Lipinski definition) is 4. The summed E-state index contributed by atoms with van der Waals surface area (Å²) >= 11 is 0. The van der Waals surface area contributed by atoms with Crippen LogP contribution in [0, 0.1) is 0 Å². The van der Waals surface area contributed by atoms with Crippen LogP contribution in [0.1, 0.15) is 30.5 Å². The largest absolute Gasteiger partial charge is 0.504 e. The van der Waals surface area contributed by atoms with Crippen molar-refractivity contribution >= 4 is 5.97 Å². The molecule has 0 spiro atoms. The number of hydrogen-bond donors (Lipinski definition) is 3. The van der Waals surface area contributed by atoms with Crippen molar-refractivity contribution in [3.8, 4) is 11.5 Å². The van der Waals surface area contributed by atoms with Gasteiger partial charge in [0.2, 0.25) is 0 Å². The molecule has 1 aromatic carbocycles. The Bertz CT molecular complexity index is 417. The lowest BCUT2D eigenvalue weighted by Crippen LogP contribution is -2.17. The predicted molar refractivity (Wildman–Crippen MR) is 63.2 cm³/mol. The summed E-state index contributed by atoms with van der Waals surface area (Å²) in [7, 11) is 1.44. The van der Waals surface area contributed by atoms with Crippen LogP contribution in [0.5, 0.6) is 11.5 Å². The van der Waals surface area contributed by atoms with E-state index in [1.54, 1.807) is 12.1 Å². The fourth-order valence-corrected chi connectivity index (χ4v) is 1.81. The Hall–Kier alpha value is -1.75. The molecule has 1 aromatic rings. The predicted octanol–water partition coefficient (Wildman–Crippen LogP) is 1.44. The third-order valence-electron chi connectivity index (χ3n) is 2.64. The highest BCUT2D eigenvalue weighted by molar-refractivity contribution is 5.68. The highest BCUT2D eigenvalue weighted by atomic mass is 16.5. The summed E-state index contributed by atoms with van der Waals surface area (Å²) in [6.45, 7) is 1.91. The summed E-state index contributed by atoms with van der Waals surface area (Å²) in [4.78, 5) is 10.7. The van der Waals surface area contributed by atoms with Crippen LogP contribution in [0.15, 0.2) is 12.1 Å². The quantitative estimate of drug-likeness (QED) is 0.723. The van der Waals surface area contributed by atoms with E-state index in [-0.39, 0.29) is 12.2 Å². The van der Waals surface area contributed by atoms with Gasteiger partial charge in [-0.15, -0.1) is 0 Å². The molecule has 0 saturated heterocycles. The molecule has 1 atom stereocenters. The van der Waals surface area contributed by atoms with E-state index >= 15 is 0 Å². The summed E-state index contributed by atoms with van der Waals surface area (Å²) in [5.74, 6) is -0.764. The maximum Gasteiger partial charge on any atom is 0.305 e. The molecular weight excluding hydrogens is 222 g/mol. The topological polar surface area (TPSA) is 92.8 Å². The molecular formula is C12H17NO4. The van der Waals surface area contributed by atoms with Crippen LogP contribution in [-0.2, 0) is 11.2 Å². The Morgan fingerprint density at radius 2 is 2.18 bits per heavy atom. The van der Waals surface area contributed by atoms with E-state index < -0.39 is 12.0 Å². The normalized spacial score (nSPS) is 12.2. The maximum absolute atomic E-state index is 10.7. The van der Waals surface area contributed by atoms with Crippen molar-refractivity contribution in [3.05, 3.63) is 23.3 Å². The minimum Gasteiger partial charge on any atom is -0.504 e. The molecule has 0 aliphatic rings. The van der Waals surface area contributed by atoms with Gasteiger partial charge in [-0.2, -0.15) is 0 Å². The van der Waals surface area contributed by atoms with E-state index in [1.165, 1.54) is 7.11 Å². The van der Waals surface area contributed by atoms with Gasteiger partial charge in [0, 0.05) is 11.6 Å². The van der Waals surface area contributed by atoms with Crippen molar-refractivity contribution in [2.24, 2.45) is 5.73 Å². The van der Waals surface area contributed by atoms with Gasteiger partial charge in [-0.05, 0) is 18.1 Å². The molecule has 0 saturated carbocycles. The van der Waals surface area contributed by atoms with Crippen LogP contribution in [0.4, 0.5) is 0 Å². The zero-order chi connectivity index (χ0) is 13.0. The van der Waals surface area contributed by atoms with E-state index in [0.29, 0.717) is 17.7 Å². The first kappa shape index (κ1) is 13.3. The van der Waals surface area contributed by atoms with E-state index in [1.807, 2.05) is 6.92 Å². The first-order chi connectivity index (χ1) is 8.01. The van der Waals surface area contributed by atoms with Crippen molar-refractivity contribution in [2.75, 3.05) is 7.11 Å². The Labute approximate surface area is 99.8 Å². The van der Waals surface area contributed by atoms with Gasteiger partial charge in [-0.25, -0.2) is 0 Å². The Morgan fingerprint density at radius 1 is 1.53 bits per heavy atom. The zero-order valence-electron chi connectivity index (χ0n) is 9.93. The lowest BCUT2D eigenvalue weighted by atomic mass is 9.95. The molecule has 0 aliphatic heterocycles. The summed E-state index contributed by atoms with van der Waals surface area (Å²) in [5.41, 5.74) is 7.08. The highest BCUT2D eigenvalue weighted by Gasteiger charge is 2.20. The van der Waals surface area contributed by atoms with Crippen LogP contribution in [0.25, 0.3) is 0 Å². The molecule has 5 nitrogen and oxygen atoms in total. The molecule has 94 valence electrons. The number of phenols is 1. The van der Waals surface area contributed by atoms with Crippen LogP contribution in [0.2, 0.25) is 0 Å². The Balaban J connectivity index is 3.22. The molecule has 4 N–H and O–H groups in total. The van der Waals surface area contributed by atoms with Gasteiger partial charge in [0.1, 0.15) is 0 Å². The number of rotatable bonds is 5. The van der Waals surface area contributed by atoms with Crippen LogP contribution >= 0.6 is 0 Å². The number of carboxylic acids is 1. The number of benzene rings is 1. The first-order valence-electron chi connectivity index (χ1n) is 5.37. The van der Waals surface area contributed by atoms with Crippen molar-refractivity contribution in [2.45, 2.75) is 25.8 Å². The summed E-state index contributed by atoms with van der Waals surface area (Å²) in [6, 6.07) is 2.69. The monoisotopic (exact) mass is 239 g/mol. The van der Waals surface area contributed by atoms with E-state index in [9.17, 15) is 9.90 Å². The average molecular weight is 239 g/mol. The number of carboxylic acid groups (broad SMARTS) is 1. The van der Waals surface area contributed by atoms with E-state index in [2.05, 4.69) is 0 Å². The van der Waals surface area contributed by atoms with Gasteiger partial charge < -0.3 is 20.7 Å². The number of nitrogens with two attached hydrogens (primary N) is 1. The number of methoxy groups -OCH3 is 1. The third kappa shape index (κ3) is 2.88. The van der Waals surface area contributed by atoms with Gasteiger partial charge in [-0.1, -0.05) is 13.0 Å². The molecule has 0 amide bonds. The van der Waals surface area contributed by atoms with Gasteiger partial charge in [0.25, 0.3) is 0 Å². The fraction of sp³-hybridized carbons (Fsp3) is 0.417. The highest BCUT2D eigenvalue weighted by Crippen LogP contribution is 2.36. The minimum atomic E-state index is -0.998.